The van der Waals surface area contributed by atoms with E-state index in [9.17, 15) is 9.59 Å². The normalized spacial score (nSPS) is 16.6. The molecule has 2 heterocycles. The maximum atomic E-state index is 12.7. The van der Waals surface area contributed by atoms with Crippen molar-refractivity contribution in [2.75, 3.05) is 32.4 Å². The predicted octanol–water partition coefficient (Wildman–Crippen LogP) is 2.58. The Morgan fingerprint density at radius 1 is 1.26 bits per heavy atom. The van der Waals surface area contributed by atoms with Crippen LogP contribution in [0.25, 0.3) is 11.1 Å². The Balaban J connectivity index is 1.67. The fraction of sp³-hybridized carbons (Fsp3) is 0.381. The van der Waals surface area contributed by atoms with Gasteiger partial charge >= 0.3 is 0 Å². The summed E-state index contributed by atoms with van der Waals surface area (Å²) in [6, 6.07) is 11.3. The van der Waals surface area contributed by atoms with Gasteiger partial charge in [0.25, 0.3) is 5.91 Å². The van der Waals surface area contributed by atoms with E-state index in [0.717, 1.165) is 29.9 Å². The molecule has 0 unspecified atom stereocenters. The standard InChI is InChI=1S/C21H26N4O2/c1-4-25-13-15(11-19(25)26)12-24(3)21(27)17-8-6-16(7-9-17)18-10-5-14(2)23-20(18)22/h5-10,15H,4,11-13H2,1-3H3,(H2,22,23)/t15-/m1/s1. The number of aromatic nitrogens is 1. The Morgan fingerprint density at radius 2 is 1.96 bits per heavy atom. The summed E-state index contributed by atoms with van der Waals surface area (Å²) in [4.78, 5) is 32.4. The minimum Gasteiger partial charge on any atom is -0.383 e. The Hall–Kier alpha value is -2.89. The van der Waals surface area contributed by atoms with Crippen LogP contribution in [0.1, 0.15) is 29.4 Å². The summed E-state index contributed by atoms with van der Waals surface area (Å²) in [6.07, 6.45) is 0.518. The highest BCUT2D eigenvalue weighted by Gasteiger charge is 2.30. The predicted molar refractivity (Wildman–Crippen MR) is 106 cm³/mol. The van der Waals surface area contributed by atoms with Gasteiger partial charge in [-0.15, -0.1) is 0 Å². The SMILES string of the molecule is CCN1C[C@@H](CN(C)C(=O)c2ccc(-c3ccc(C)nc3N)cc2)CC1=O. The van der Waals surface area contributed by atoms with E-state index in [1.807, 2.05) is 55.1 Å². The molecular formula is C21H26N4O2. The Kier molecular flexibility index (Phi) is 5.44. The van der Waals surface area contributed by atoms with Crippen LogP contribution >= 0.6 is 0 Å². The second-order valence-electron chi connectivity index (χ2n) is 7.15. The van der Waals surface area contributed by atoms with E-state index >= 15 is 0 Å². The number of nitrogens with zero attached hydrogens (tertiary/aromatic N) is 3. The molecule has 6 nitrogen and oxygen atoms in total. The number of likely N-dealkylation sites (tertiary alicyclic amines) is 1. The molecule has 0 bridgehead atoms. The number of nitrogen functional groups attached to an aromatic ring is 1. The summed E-state index contributed by atoms with van der Waals surface area (Å²) in [5, 5.41) is 0. The van der Waals surface area contributed by atoms with Gasteiger partial charge in [0.15, 0.2) is 0 Å². The third kappa shape index (κ3) is 4.10. The molecule has 1 fully saturated rings. The third-order valence-electron chi connectivity index (χ3n) is 5.06. The number of benzene rings is 1. The quantitative estimate of drug-likeness (QED) is 0.882. The molecule has 2 aromatic rings. The minimum absolute atomic E-state index is 0.0426. The summed E-state index contributed by atoms with van der Waals surface area (Å²) in [5.41, 5.74) is 9.29. The second-order valence-corrected chi connectivity index (χ2v) is 7.15. The summed E-state index contributed by atoms with van der Waals surface area (Å²) in [6.45, 7) is 5.91. The fourth-order valence-electron chi connectivity index (χ4n) is 3.59. The first-order chi connectivity index (χ1) is 12.9. The molecule has 1 aromatic carbocycles. The summed E-state index contributed by atoms with van der Waals surface area (Å²) < 4.78 is 0. The van der Waals surface area contributed by atoms with Crippen LogP contribution in [0, 0.1) is 12.8 Å². The highest BCUT2D eigenvalue weighted by Crippen LogP contribution is 2.25. The van der Waals surface area contributed by atoms with Crippen molar-refractivity contribution >= 4 is 17.6 Å². The van der Waals surface area contributed by atoms with E-state index in [0.29, 0.717) is 24.3 Å². The second kappa shape index (κ2) is 7.78. The topological polar surface area (TPSA) is 79.5 Å². The molecule has 1 saturated heterocycles. The van der Waals surface area contributed by atoms with Gasteiger partial charge in [0.05, 0.1) is 0 Å². The molecule has 1 aromatic heterocycles. The number of carbonyl (C=O) groups excluding carboxylic acids is 2. The number of hydrogen-bond donors (Lipinski definition) is 1. The van der Waals surface area contributed by atoms with Crippen LogP contribution in [-0.2, 0) is 4.79 Å². The monoisotopic (exact) mass is 366 g/mol. The first-order valence-electron chi connectivity index (χ1n) is 9.25. The largest absolute Gasteiger partial charge is 0.383 e. The maximum Gasteiger partial charge on any atom is 0.253 e. The number of pyridine rings is 1. The average Bonchev–Trinajstić information content (AvgIpc) is 3.00. The molecule has 0 saturated carbocycles. The van der Waals surface area contributed by atoms with Gasteiger partial charge < -0.3 is 15.5 Å². The molecule has 6 heteroatoms. The lowest BCUT2D eigenvalue weighted by molar-refractivity contribution is -0.127. The van der Waals surface area contributed by atoms with Crippen LogP contribution in [-0.4, -0.2) is 53.3 Å². The Morgan fingerprint density at radius 3 is 2.56 bits per heavy atom. The first kappa shape index (κ1) is 18.9. The molecule has 27 heavy (non-hydrogen) atoms. The number of amides is 2. The number of rotatable bonds is 5. The number of hydrogen-bond acceptors (Lipinski definition) is 4. The van der Waals surface area contributed by atoms with Crippen molar-refractivity contribution in [3.8, 4) is 11.1 Å². The van der Waals surface area contributed by atoms with Gasteiger partial charge in [-0.05, 0) is 43.7 Å². The lowest BCUT2D eigenvalue weighted by Gasteiger charge is -2.21. The van der Waals surface area contributed by atoms with Crippen LogP contribution in [0.5, 0.6) is 0 Å². The van der Waals surface area contributed by atoms with Crippen LogP contribution < -0.4 is 5.73 Å². The Labute approximate surface area is 160 Å². The zero-order valence-corrected chi connectivity index (χ0v) is 16.1. The highest BCUT2D eigenvalue weighted by atomic mass is 16.2. The highest BCUT2D eigenvalue weighted by molar-refractivity contribution is 5.94. The number of nitrogens with two attached hydrogens (primary N) is 1. The van der Waals surface area contributed by atoms with Gasteiger partial charge in [0.2, 0.25) is 5.91 Å². The molecule has 0 aliphatic carbocycles. The van der Waals surface area contributed by atoms with E-state index in [-0.39, 0.29) is 17.7 Å². The van der Waals surface area contributed by atoms with Crippen molar-refractivity contribution in [2.45, 2.75) is 20.3 Å². The van der Waals surface area contributed by atoms with Gasteiger partial charge in [-0.3, -0.25) is 9.59 Å². The lowest BCUT2D eigenvalue weighted by Crippen LogP contribution is -2.33. The van der Waals surface area contributed by atoms with Crippen LogP contribution in [0.15, 0.2) is 36.4 Å². The van der Waals surface area contributed by atoms with Gasteiger partial charge in [-0.2, -0.15) is 0 Å². The van der Waals surface area contributed by atoms with Gasteiger partial charge in [0.1, 0.15) is 5.82 Å². The van der Waals surface area contributed by atoms with E-state index in [2.05, 4.69) is 4.98 Å². The van der Waals surface area contributed by atoms with Gasteiger partial charge in [-0.1, -0.05) is 12.1 Å². The van der Waals surface area contributed by atoms with Gasteiger partial charge in [-0.25, -0.2) is 4.98 Å². The van der Waals surface area contributed by atoms with E-state index in [4.69, 9.17) is 5.73 Å². The molecule has 3 rings (SSSR count). The van der Waals surface area contributed by atoms with E-state index in [1.54, 1.807) is 11.9 Å². The molecule has 1 aliphatic rings. The molecular weight excluding hydrogens is 340 g/mol. The first-order valence-corrected chi connectivity index (χ1v) is 9.25. The molecule has 1 aliphatic heterocycles. The van der Waals surface area contributed by atoms with Crippen LogP contribution in [0.4, 0.5) is 5.82 Å². The zero-order valence-electron chi connectivity index (χ0n) is 16.1. The smallest absolute Gasteiger partial charge is 0.253 e. The molecule has 1 atom stereocenters. The van der Waals surface area contributed by atoms with Crippen molar-refractivity contribution in [3.05, 3.63) is 47.7 Å². The number of anilines is 1. The van der Waals surface area contributed by atoms with Crippen LogP contribution in [0.3, 0.4) is 0 Å². The summed E-state index contributed by atoms with van der Waals surface area (Å²) in [7, 11) is 1.79. The van der Waals surface area contributed by atoms with Crippen molar-refractivity contribution in [3.63, 3.8) is 0 Å². The third-order valence-corrected chi connectivity index (χ3v) is 5.06. The van der Waals surface area contributed by atoms with Gasteiger partial charge in [0, 0.05) is 55.8 Å². The number of carbonyl (C=O) groups is 2. The molecule has 0 radical (unpaired) electrons. The molecule has 142 valence electrons. The fourth-order valence-corrected chi connectivity index (χ4v) is 3.59. The molecule has 2 amide bonds. The van der Waals surface area contributed by atoms with Crippen molar-refractivity contribution in [1.29, 1.82) is 0 Å². The van der Waals surface area contributed by atoms with E-state index in [1.165, 1.54) is 0 Å². The van der Waals surface area contributed by atoms with Crippen molar-refractivity contribution in [1.82, 2.24) is 14.8 Å². The Bertz CT molecular complexity index is 848. The lowest BCUT2D eigenvalue weighted by atomic mass is 10.0. The maximum absolute atomic E-state index is 12.7. The molecule has 0 spiro atoms. The summed E-state index contributed by atoms with van der Waals surface area (Å²) in [5.74, 6) is 0.817. The number of aryl methyl sites for hydroxylation is 1. The summed E-state index contributed by atoms with van der Waals surface area (Å²) >= 11 is 0. The minimum atomic E-state index is -0.0426. The molecule has 2 N–H and O–H groups in total. The average molecular weight is 366 g/mol. The van der Waals surface area contributed by atoms with Crippen molar-refractivity contribution < 1.29 is 9.59 Å². The van der Waals surface area contributed by atoms with Crippen molar-refractivity contribution in [2.24, 2.45) is 5.92 Å². The van der Waals surface area contributed by atoms with Crippen LogP contribution in [0.2, 0.25) is 0 Å². The zero-order chi connectivity index (χ0) is 19.6. The van der Waals surface area contributed by atoms with E-state index < -0.39 is 0 Å².